The molecule has 0 aliphatic carbocycles. The molecule has 2 aromatic carbocycles. The van der Waals surface area contributed by atoms with Gasteiger partial charge in [0.05, 0.1) is 45.8 Å². The van der Waals surface area contributed by atoms with Gasteiger partial charge in [-0.25, -0.2) is 0 Å². The minimum absolute atomic E-state index is 0.0778. The molecule has 10 heteroatoms. The van der Waals surface area contributed by atoms with Gasteiger partial charge in [-0.1, -0.05) is 11.3 Å². The van der Waals surface area contributed by atoms with Crippen molar-refractivity contribution in [2.45, 2.75) is 6.54 Å². The Morgan fingerprint density at radius 3 is 2.24 bits per heavy atom. The summed E-state index contributed by atoms with van der Waals surface area (Å²) >= 11 is 1.27. The van der Waals surface area contributed by atoms with Crippen LogP contribution in [0.2, 0.25) is 0 Å². The van der Waals surface area contributed by atoms with Gasteiger partial charge >= 0.3 is 5.97 Å². The molecule has 1 heterocycles. The highest BCUT2D eigenvalue weighted by Crippen LogP contribution is 2.38. The number of hydrogen-bond donors (Lipinski definition) is 0. The molecule has 9 nitrogen and oxygen atoms in total. The predicted molar refractivity (Wildman–Crippen MR) is 124 cm³/mol. The molecule has 0 N–H and O–H groups in total. The summed E-state index contributed by atoms with van der Waals surface area (Å²) in [6.45, 7) is -0.0778. The topological polar surface area (TPSA) is 97.6 Å². The fourth-order valence-electron chi connectivity index (χ4n) is 3.11. The molecule has 0 radical (unpaired) electrons. The Hall–Kier alpha value is -3.79. The van der Waals surface area contributed by atoms with Crippen LogP contribution in [0, 0.1) is 0 Å². The highest BCUT2D eigenvalue weighted by molar-refractivity contribution is 7.16. The van der Waals surface area contributed by atoms with Crippen molar-refractivity contribution in [3.63, 3.8) is 0 Å². The van der Waals surface area contributed by atoms with Crippen LogP contribution < -0.4 is 23.7 Å². The Kier molecular flexibility index (Phi) is 7.73. The Morgan fingerprint density at radius 1 is 0.970 bits per heavy atom. The summed E-state index contributed by atoms with van der Waals surface area (Å²) in [5.74, 6) is 1.10. The Labute approximate surface area is 194 Å². The number of esters is 1. The van der Waals surface area contributed by atoms with E-state index in [0.717, 1.165) is 10.2 Å². The van der Waals surface area contributed by atoms with Gasteiger partial charge < -0.3 is 28.3 Å². The molecular formula is C23H24N2O7S. The van der Waals surface area contributed by atoms with Crippen LogP contribution >= 0.6 is 11.3 Å². The maximum Gasteiger partial charge on any atom is 0.325 e. The van der Waals surface area contributed by atoms with Crippen molar-refractivity contribution >= 4 is 39.5 Å². The van der Waals surface area contributed by atoms with Crippen LogP contribution in [-0.4, -0.2) is 52.0 Å². The molecule has 3 rings (SSSR count). The zero-order valence-corrected chi connectivity index (χ0v) is 19.7. The van der Waals surface area contributed by atoms with E-state index in [4.69, 9.17) is 23.7 Å². The molecule has 0 saturated heterocycles. The van der Waals surface area contributed by atoms with Crippen molar-refractivity contribution in [1.82, 2.24) is 4.57 Å². The first-order chi connectivity index (χ1) is 15.9. The van der Waals surface area contributed by atoms with Crippen molar-refractivity contribution in [3.05, 3.63) is 46.8 Å². The molecule has 0 spiro atoms. The third-order valence-electron chi connectivity index (χ3n) is 4.72. The van der Waals surface area contributed by atoms with Crippen LogP contribution in [0.25, 0.3) is 16.3 Å². The van der Waals surface area contributed by atoms with Gasteiger partial charge in [-0.05, 0) is 42.0 Å². The monoisotopic (exact) mass is 472 g/mol. The first-order valence-corrected chi connectivity index (χ1v) is 10.6. The van der Waals surface area contributed by atoms with Gasteiger partial charge in [0, 0.05) is 6.08 Å². The number of fused-ring (bicyclic) bond motifs is 1. The molecule has 1 amide bonds. The van der Waals surface area contributed by atoms with Crippen LogP contribution in [0.3, 0.4) is 0 Å². The number of benzene rings is 2. The first-order valence-electron chi connectivity index (χ1n) is 9.75. The number of carbonyl (C=O) groups excluding carboxylic acids is 2. The summed E-state index contributed by atoms with van der Waals surface area (Å²) in [7, 11) is 7.43. The van der Waals surface area contributed by atoms with Crippen molar-refractivity contribution in [2.24, 2.45) is 4.99 Å². The van der Waals surface area contributed by atoms with E-state index in [0.29, 0.717) is 33.4 Å². The van der Waals surface area contributed by atoms with Crippen LogP contribution in [-0.2, 0) is 20.9 Å². The normalized spacial score (nSPS) is 11.6. The average Bonchev–Trinajstić information content (AvgIpc) is 3.17. The number of nitrogens with zero attached hydrogens (tertiary/aromatic N) is 2. The van der Waals surface area contributed by atoms with E-state index in [2.05, 4.69) is 4.99 Å². The minimum atomic E-state index is -0.499. The number of methoxy groups -OCH3 is 5. The number of carbonyl (C=O) groups is 2. The highest BCUT2D eigenvalue weighted by atomic mass is 32.1. The quantitative estimate of drug-likeness (QED) is 0.367. The summed E-state index contributed by atoms with van der Waals surface area (Å²) in [4.78, 5) is 29.1. The van der Waals surface area contributed by atoms with Crippen LogP contribution in [0.1, 0.15) is 5.56 Å². The lowest BCUT2D eigenvalue weighted by Crippen LogP contribution is -2.22. The van der Waals surface area contributed by atoms with E-state index >= 15 is 0 Å². The lowest BCUT2D eigenvalue weighted by molar-refractivity contribution is -0.141. The van der Waals surface area contributed by atoms with E-state index < -0.39 is 11.9 Å². The number of rotatable bonds is 8. The number of hydrogen-bond acceptors (Lipinski definition) is 8. The number of amides is 1. The SMILES string of the molecule is COC(=O)Cn1c(=NC(=O)C=Cc2cc(OC)c(OC)c(OC)c2)sc2cc(OC)ccc21. The number of thiazole rings is 1. The number of ether oxygens (including phenoxy) is 5. The summed E-state index contributed by atoms with van der Waals surface area (Å²) < 4.78 is 28.5. The molecule has 33 heavy (non-hydrogen) atoms. The van der Waals surface area contributed by atoms with E-state index in [9.17, 15) is 9.59 Å². The lowest BCUT2D eigenvalue weighted by Gasteiger charge is -2.12. The van der Waals surface area contributed by atoms with Crippen molar-refractivity contribution in [2.75, 3.05) is 35.5 Å². The molecule has 1 aromatic heterocycles. The smallest absolute Gasteiger partial charge is 0.325 e. The van der Waals surface area contributed by atoms with Crippen LogP contribution in [0.4, 0.5) is 0 Å². The Balaban J connectivity index is 2.00. The number of aromatic nitrogens is 1. The fourth-order valence-corrected chi connectivity index (χ4v) is 4.17. The van der Waals surface area contributed by atoms with Gasteiger partial charge in [-0.15, -0.1) is 0 Å². The maximum absolute atomic E-state index is 12.6. The van der Waals surface area contributed by atoms with Gasteiger partial charge in [0.1, 0.15) is 12.3 Å². The van der Waals surface area contributed by atoms with Crippen molar-refractivity contribution in [3.8, 4) is 23.0 Å². The third-order valence-corrected chi connectivity index (χ3v) is 5.76. The van der Waals surface area contributed by atoms with E-state index in [1.54, 1.807) is 36.0 Å². The average molecular weight is 473 g/mol. The van der Waals surface area contributed by atoms with E-state index in [-0.39, 0.29) is 6.54 Å². The highest BCUT2D eigenvalue weighted by Gasteiger charge is 2.14. The molecule has 0 aliphatic rings. The minimum Gasteiger partial charge on any atom is -0.497 e. The lowest BCUT2D eigenvalue weighted by atomic mass is 10.1. The standard InChI is InChI=1S/C23H24N2O7S/c1-28-15-7-8-16-19(12-15)33-23(25(16)13-21(27)31-4)24-20(26)9-6-14-10-17(29-2)22(32-5)18(11-14)30-3/h6-12H,13H2,1-5H3. The van der Waals surface area contributed by atoms with Gasteiger partial charge in [-0.2, -0.15) is 4.99 Å². The zero-order valence-electron chi connectivity index (χ0n) is 18.9. The second-order valence-electron chi connectivity index (χ2n) is 6.62. The maximum atomic E-state index is 12.6. The fraction of sp³-hybridized carbons (Fsp3) is 0.261. The molecule has 0 aliphatic heterocycles. The Morgan fingerprint density at radius 2 is 1.67 bits per heavy atom. The van der Waals surface area contributed by atoms with Gasteiger partial charge in [-0.3, -0.25) is 9.59 Å². The van der Waals surface area contributed by atoms with Gasteiger partial charge in [0.15, 0.2) is 16.3 Å². The van der Waals surface area contributed by atoms with Crippen molar-refractivity contribution < 1.29 is 33.3 Å². The second-order valence-corrected chi connectivity index (χ2v) is 7.63. The molecule has 0 saturated carbocycles. The van der Waals surface area contributed by atoms with Crippen LogP contribution in [0.15, 0.2) is 41.4 Å². The molecule has 0 unspecified atom stereocenters. The molecule has 0 fully saturated rings. The largest absolute Gasteiger partial charge is 0.497 e. The molecular weight excluding hydrogens is 448 g/mol. The summed E-state index contributed by atoms with van der Waals surface area (Å²) in [5.41, 5.74) is 1.41. The van der Waals surface area contributed by atoms with Crippen molar-refractivity contribution in [1.29, 1.82) is 0 Å². The van der Waals surface area contributed by atoms with Gasteiger partial charge in [0.25, 0.3) is 5.91 Å². The van der Waals surface area contributed by atoms with Gasteiger partial charge in [0.2, 0.25) is 5.75 Å². The molecule has 0 bridgehead atoms. The molecule has 174 valence electrons. The molecule has 0 atom stereocenters. The van der Waals surface area contributed by atoms with E-state index in [1.165, 1.54) is 45.9 Å². The second kappa shape index (κ2) is 10.7. The van der Waals surface area contributed by atoms with Crippen LogP contribution in [0.5, 0.6) is 23.0 Å². The third kappa shape index (κ3) is 5.35. The predicted octanol–water partition coefficient (Wildman–Crippen LogP) is 3.05. The first kappa shape index (κ1) is 23.9. The molecule has 3 aromatic rings. The van der Waals surface area contributed by atoms with E-state index in [1.807, 2.05) is 12.1 Å². The summed E-state index contributed by atoms with van der Waals surface area (Å²) in [5, 5.41) is 0. The summed E-state index contributed by atoms with van der Waals surface area (Å²) in [6.07, 6.45) is 2.92. The zero-order chi connectivity index (χ0) is 24.0. The summed E-state index contributed by atoms with van der Waals surface area (Å²) in [6, 6.07) is 8.84. The Bertz CT molecular complexity index is 1250.